The number of Topliss-reactive ketones (excluding diaryl/α,β-unsaturated/α-hetero) is 1. The number of aromatic nitrogens is 3. The van der Waals surface area contributed by atoms with E-state index in [0.29, 0.717) is 31.3 Å². The van der Waals surface area contributed by atoms with Gasteiger partial charge in [-0.1, -0.05) is 0 Å². The summed E-state index contributed by atoms with van der Waals surface area (Å²) in [6.07, 6.45) is -2.88. The molecule has 0 spiro atoms. The van der Waals surface area contributed by atoms with Crippen LogP contribution in [0.2, 0.25) is 0 Å². The van der Waals surface area contributed by atoms with Gasteiger partial charge in [-0.25, -0.2) is 4.98 Å². The number of ether oxygens (including phenoxy) is 1. The van der Waals surface area contributed by atoms with Gasteiger partial charge in [0.15, 0.2) is 5.78 Å². The zero-order chi connectivity index (χ0) is 25.6. The number of carbonyl (C=O) groups excluding carboxylic acids is 1. The monoisotopic (exact) mass is 508 g/mol. The van der Waals surface area contributed by atoms with E-state index in [9.17, 15) is 22.8 Å². The molecule has 5 rings (SSSR count). The summed E-state index contributed by atoms with van der Waals surface area (Å²) in [5.41, 5.74) is -0.309. The number of aliphatic hydroxyl groups is 1. The molecule has 5 heterocycles. The second-order valence-corrected chi connectivity index (χ2v) is 9.35. The van der Waals surface area contributed by atoms with E-state index in [1.165, 1.54) is 22.9 Å². The normalized spacial score (nSPS) is 23.2. The molecule has 0 saturated carbocycles. The van der Waals surface area contributed by atoms with Crippen molar-refractivity contribution in [3.05, 3.63) is 40.3 Å². The van der Waals surface area contributed by atoms with Crippen molar-refractivity contribution in [3.63, 3.8) is 0 Å². The first-order chi connectivity index (χ1) is 17.2. The van der Waals surface area contributed by atoms with E-state index in [2.05, 4.69) is 9.97 Å². The predicted octanol–water partition coefficient (Wildman–Crippen LogP) is 1.07. The molecule has 2 fully saturated rings. The Morgan fingerprint density at radius 3 is 2.75 bits per heavy atom. The third-order valence-corrected chi connectivity index (χ3v) is 7.02. The number of aliphatic hydroxyl groups excluding tert-OH is 1. The molecule has 0 amide bonds. The van der Waals surface area contributed by atoms with Crippen LogP contribution in [0, 0.1) is 0 Å². The van der Waals surface area contributed by atoms with E-state index in [1.54, 1.807) is 18.0 Å². The van der Waals surface area contributed by atoms with Crippen LogP contribution in [0.5, 0.6) is 0 Å². The van der Waals surface area contributed by atoms with Crippen LogP contribution >= 0.6 is 0 Å². The van der Waals surface area contributed by atoms with Gasteiger partial charge in [0.05, 0.1) is 31.9 Å². The number of ketones is 1. The molecular formula is C23H27F3N6O4. The number of hydrogen-bond acceptors (Lipinski definition) is 9. The minimum absolute atomic E-state index is 0.0167. The van der Waals surface area contributed by atoms with Crippen molar-refractivity contribution in [2.75, 3.05) is 54.6 Å². The summed E-state index contributed by atoms with van der Waals surface area (Å²) in [6.45, 7) is 0.513. The zero-order valence-corrected chi connectivity index (χ0v) is 19.7. The van der Waals surface area contributed by atoms with E-state index >= 15 is 0 Å². The number of carbonyl (C=O) groups is 1. The molecule has 2 bridgehead atoms. The molecule has 0 aromatic carbocycles. The van der Waals surface area contributed by atoms with Crippen molar-refractivity contribution in [1.29, 1.82) is 0 Å². The van der Waals surface area contributed by atoms with Crippen LogP contribution in [0.3, 0.4) is 0 Å². The fraction of sp³-hybridized carbons (Fsp3) is 0.565. The average molecular weight is 509 g/mol. The molecule has 0 aliphatic carbocycles. The maximum absolute atomic E-state index is 14.0. The first-order valence-corrected chi connectivity index (χ1v) is 11.8. The smallest absolute Gasteiger partial charge is 0.395 e. The molecule has 2 saturated heterocycles. The van der Waals surface area contributed by atoms with Crippen LogP contribution in [0.15, 0.2) is 29.2 Å². The highest BCUT2D eigenvalue weighted by Crippen LogP contribution is 2.36. The molecule has 194 valence electrons. The van der Waals surface area contributed by atoms with Gasteiger partial charge in [0.25, 0.3) is 5.56 Å². The largest absolute Gasteiger partial charge is 0.408 e. The molecule has 2 aromatic heterocycles. The minimum atomic E-state index is -4.62. The van der Waals surface area contributed by atoms with E-state index in [0.717, 1.165) is 11.3 Å². The number of alkyl halides is 3. The number of morpholine rings is 1. The summed E-state index contributed by atoms with van der Waals surface area (Å²) < 4.78 is 48.9. The summed E-state index contributed by atoms with van der Waals surface area (Å²) in [7, 11) is 1.72. The van der Waals surface area contributed by atoms with E-state index in [4.69, 9.17) is 9.84 Å². The van der Waals surface area contributed by atoms with Gasteiger partial charge in [-0.3, -0.25) is 14.2 Å². The first-order valence-electron chi connectivity index (χ1n) is 11.8. The summed E-state index contributed by atoms with van der Waals surface area (Å²) >= 11 is 0. The van der Waals surface area contributed by atoms with Crippen LogP contribution in [-0.4, -0.2) is 89.7 Å². The molecular weight excluding hydrogens is 481 g/mol. The van der Waals surface area contributed by atoms with Crippen molar-refractivity contribution in [2.45, 2.75) is 43.8 Å². The van der Waals surface area contributed by atoms with Crippen LogP contribution < -0.4 is 20.3 Å². The standard InChI is InChI=1S/C23H27F3N6O4/c1-29(6-7-33)19-3-2-14(10-27-19)17(34)12-32-18(23(24,25)26)4-5-30-21(35)9-20(28-22(30)32)31-11-16-8-15(31)13-36-16/h2-3,9-10,15-16,18,33H,4-8,11-13H2,1H3/t15-,16-,18-/m0/s1. The lowest BCUT2D eigenvalue weighted by molar-refractivity contribution is -0.152. The number of hydrogen-bond donors (Lipinski definition) is 1. The molecule has 3 aliphatic rings. The Hall–Kier alpha value is -3.19. The molecule has 1 N–H and O–H groups in total. The highest BCUT2D eigenvalue weighted by atomic mass is 19.4. The Morgan fingerprint density at radius 2 is 2.14 bits per heavy atom. The highest BCUT2D eigenvalue weighted by Gasteiger charge is 2.48. The van der Waals surface area contributed by atoms with E-state index in [1.807, 2.05) is 4.90 Å². The van der Waals surface area contributed by atoms with Gasteiger partial charge in [0.2, 0.25) is 5.95 Å². The van der Waals surface area contributed by atoms with Crippen molar-refractivity contribution in [1.82, 2.24) is 14.5 Å². The van der Waals surface area contributed by atoms with Crippen molar-refractivity contribution in [2.24, 2.45) is 0 Å². The minimum Gasteiger partial charge on any atom is -0.395 e. The number of rotatable bonds is 7. The Morgan fingerprint density at radius 1 is 1.33 bits per heavy atom. The maximum atomic E-state index is 14.0. The third kappa shape index (κ3) is 4.52. The zero-order valence-electron chi connectivity index (χ0n) is 19.7. The van der Waals surface area contributed by atoms with Crippen LogP contribution in [0.1, 0.15) is 23.2 Å². The third-order valence-electron chi connectivity index (χ3n) is 7.02. The van der Waals surface area contributed by atoms with Gasteiger partial charge in [-0.2, -0.15) is 18.2 Å². The second-order valence-electron chi connectivity index (χ2n) is 9.35. The lowest BCUT2D eigenvalue weighted by atomic mass is 10.1. The second kappa shape index (κ2) is 9.36. The summed E-state index contributed by atoms with van der Waals surface area (Å²) in [5, 5.41) is 9.07. The summed E-state index contributed by atoms with van der Waals surface area (Å²) in [5.74, 6) is 0.0873. The van der Waals surface area contributed by atoms with E-state index < -0.39 is 30.1 Å². The van der Waals surface area contributed by atoms with Crippen molar-refractivity contribution >= 4 is 23.4 Å². The predicted molar refractivity (Wildman–Crippen MR) is 125 cm³/mol. The van der Waals surface area contributed by atoms with Crippen LogP contribution in [0.4, 0.5) is 30.8 Å². The summed E-state index contributed by atoms with van der Waals surface area (Å²) in [4.78, 5) is 39.1. The molecule has 36 heavy (non-hydrogen) atoms. The molecule has 2 aromatic rings. The van der Waals surface area contributed by atoms with Crippen LogP contribution in [0.25, 0.3) is 0 Å². The molecule has 0 radical (unpaired) electrons. The lowest BCUT2D eigenvalue weighted by Gasteiger charge is -2.39. The van der Waals surface area contributed by atoms with Crippen molar-refractivity contribution in [3.8, 4) is 0 Å². The molecule has 0 unspecified atom stereocenters. The fourth-order valence-electron chi connectivity index (χ4n) is 5.09. The van der Waals surface area contributed by atoms with Gasteiger partial charge in [0, 0.05) is 44.5 Å². The number of likely N-dealkylation sites (N-methyl/N-ethyl adjacent to an activating group) is 1. The number of pyridine rings is 1. The topological polar surface area (TPSA) is 104 Å². The highest BCUT2D eigenvalue weighted by molar-refractivity contribution is 5.99. The molecule has 10 nitrogen and oxygen atoms in total. The number of anilines is 3. The molecule has 3 aliphatic heterocycles. The Balaban J connectivity index is 1.46. The number of halogens is 3. The van der Waals surface area contributed by atoms with Gasteiger partial charge in [-0.05, 0) is 25.0 Å². The average Bonchev–Trinajstić information content (AvgIpc) is 3.48. The maximum Gasteiger partial charge on any atom is 0.408 e. The number of nitrogens with zero attached hydrogens (tertiary/aromatic N) is 6. The van der Waals surface area contributed by atoms with Gasteiger partial charge < -0.3 is 24.5 Å². The van der Waals surface area contributed by atoms with Crippen LogP contribution in [-0.2, 0) is 11.3 Å². The first kappa shape index (κ1) is 24.5. The summed E-state index contributed by atoms with van der Waals surface area (Å²) in [6, 6.07) is 2.48. The quantitative estimate of drug-likeness (QED) is 0.550. The number of fused-ring (bicyclic) bond motifs is 3. The Bertz CT molecular complexity index is 1190. The van der Waals surface area contributed by atoms with Gasteiger partial charge >= 0.3 is 6.18 Å². The van der Waals surface area contributed by atoms with E-state index in [-0.39, 0.29) is 43.2 Å². The SMILES string of the molecule is CN(CCO)c1ccc(C(=O)CN2c3nc(N4C[C@@H]5C[C@H]4CO5)cc(=O)n3CC[C@H]2C(F)(F)F)cn1. The van der Waals surface area contributed by atoms with Crippen molar-refractivity contribution < 1.29 is 27.8 Å². The molecule has 13 heteroatoms. The Labute approximate surface area is 204 Å². The Kier molecular flexibility index (Phi) is 6.37. The van der Waals surface area contributed by atoms with Gasteiger partial charge in [0.1, 0.15) is 17.7 Å². The van der Waals surface area contributed by atoms with Gasteiger partial charge in [-0.15, -0.1) is 0 Å². The molecule has 3 atom stereocenters. The lowest BCUT2D eigenvalue weighted by Crippen LogP contribution is -2.54. The fourth-order valence-corrected chi connectivity index (χ4v) is 5.09.